The second kappa shape index (κ2) is 5.42. The summed E-state index contributed by atoms with van der Waals surface area (Å²) >= 11 is 0. The van der Waals surface area contributed by atoms with Crippen LogP contribution in [0.3, 0.4) is 0 Å². The second-order valence-electron chi connectivity index (χ2n) is 5.37. The lowest BCUT2D eigenvalue weighted by atomic mass is 9.97. The van der Waals surface area contributed by atoms with Gasteiger partial charge in [-0.15, -0.1) is 0 Å². The largest absolute Gasteiger partial charge is 0.481 e. The Hall–Kier alpha value is -1.51. The number of rotatable bonds is 3. The van der Waals surface area contributed by atoms with Crippen LogP contribution < -0.4 is 4.90 Å². The van der Waals surface area contributed by atoms with Crippen molar-refractivity contribution in [2.45, 2.75) is 32.6 Å². The van der Waals surface area contributed by atoms with Gasteiger partial charge in [0.15, 0.2) is 0 Å². The zero-order chi connectivity index (χ0) is 13.1. The van der Waals surface area contributed by atoms with Crippen LogP contribution in [0.4, 0.5) is 5.69 Å². The molecule has 0 radical (unpaired) electrons. The van der Waals surface area contributed by atoms with Crippen molar-refractivity contribution in [3.8, 4) is 0 Å². The maximum absolute atomic E-state index is 11.0. The molecule has 0 spiro atoms. The molecule has 0 bridgehead atoms. The highest BCUT2D eigenvalue weighted by Gasteiger charge is 2.25. The number of benzene rings is 1. The number of carboxylic acid groups (broad SMARTS) is 1. The summed E-state index contributed by atoms with van der Waals surface area (Å²) < 4.78 is 0. The highest BCUT2D eigenvalue weighted by Crippen LogP contribution is 2.25. The van der Waals surface area contributed by atoms with Crippen LogP contribution in [0, 0.1) is 5.92 Å². The lowest BCUT2D eigenvalue weighted by molar-refractivity contribution is -0.141. The van der Waals surface area contributed by atoms with Gasteiger partial charge in [0.25, 0.3) is 0 Å². The minimum absolute atomic E-state index is 0.219. The maximum atomic E-state index is 11.0. The first kappa shape index (κ1) is 12.9. The number of carboxylic acids is 1. The minimum Gasteiger partial charge on any atom is -0.481 e. The number of anilines is 1. The zero-order valence-corrected chi connectivity index (χ0v) is 11.1. The van der Waals surface area contributed by atoms with Gasteiger partial charge in [-0.1, -0.05) is 26.0 Å². The van der Waals surface area contributed by atoms with Gasteiger partial charge in [-0.3, -0.25) is 4.79 Å². The average molecular weight is 247 g/mol. The fourth-order valence-corrected chi connectivity index (χ4v) is 2.48. The standard InChI is InChI=1S/C15H21NO2/c1-11(2)12-5-7-14(8-6-12)16-9-3-4-13(10-16)15(17)18/h5-8,11,13H,3-4,9-10H2,1-2H3,(H,17,18). The molecule has 1 aliphatic heterocycles. The second-order valence-corrected chi connectivity index (χ2v) is 5.37. The molecule has 98 valence electrons. The van der Waals surface area contributed by atoms with E-state index in [-0.39, 0.29) is 5.92 Å². The van der Waals surface area contributed by atoms with Gasteiger partial charge in [-0.25, -0.2) is 0 Å². The molecule has 1 unspecified atom stereocenters. The molecule has 0 aromatic heterocycles. The van der Waals surface area contributed by atoms with Crippen molar-refractivity contribution in [2.24, 2.45) is 5.92 Å². The molecular weight excluding hydrogens is 226 g/mol. The minimum atomic E-state index is -0.668. The van der Waals surface area contributed by atoms with Crippen molar-refractivity contribution in [3.05, 3.63) is 29.8 Å². The SMILES string of the molecule is CC(C)c1ccc(N2CCCC(C(=O)O)C2)cc1. The van der Waals surface area contributed by atoms with E-state index in [0.717, 1.165) is 25.1 Å². The average Bonchev–Trinajstić information content (AvgIpc) is 2.39. The molecule has 3 nitrogen and oxygen atoms in total. The quantitative estimate of drug-likeness (QED) is 0.892. The highest BCUT2D eigenvalue weighted by atomic mass is 16.4. The first-order chi connectivity index (χ1) is 8.58. The Balaban J connectivity index is 2.09. The summed E-state index contributed by atoms with van der Waals surface area (Å²) in [4.78, 5) is 13.2. The third-order valence-corrected chi connectivity index (χ3v) is 3.70. The van der Waals surface area contributed by atoms with Gasteiger partial charge in [0, 0.05) is 18.8 Å². The van der Waals surface area contributed by atoms with Crippen LogP contribution in [0.5, 0.6) is 0 Å². The third-order valence-electron chi connectivity index (χ3n) is 3.70. The summed E-state index contributed by atoms with van der Waals surface area (Å²) in [6.45, 7) is 5.95. The molecule has 1 aliphatic rings. The monoisotopic (exact) mass is 247 g/mol. The highest BCUT2D eigenvalue weighted by molar-refractivity contribution is 5.71. The number of hydrogen-bond donors (Lipinski definition) is 1. The van der Waals surface area contributed by atoms with E-state index in [4.69, 9.17) is 5.11 Å². The van der Waals surface area contributed by atoms with E-state index in [0.29, 0.717) is 12.5 Å². The van der Waals surface area contributed by atoms with E-state index in [9.17, 15) is 4.79 Å². The Morgan fingerprint density at radius 3 is 2.56 bits per heavy atom. The molecule has 1 atom stereocenters. The van der Waals surface area contributed by atoms with Crippen LogP contribution in [0.2, 0.25) is 0 Å². The van der Waals surface area contributed by atoms with E-state index in [1.807, 2.05) is 0 Å². The molecule has 1 heterocycles. The summed E-state index contributed by atoms with van der Waals surface area (Å²) in [7, 11) is 0. The molecule has 0 saturated carbocycles. The van der Waals surface area contributed by atoms with Crippen molar-refractivity contribution >= 4 is 11.7 Å². The van der Waals surface area contributed by atoms with Crippen molar-refractivity contribution in [2.75, 3.05) is 18.0 Å². The van der Waals surface area contributed by atoms with Crippen LogP contribution in [-0.2, 0) is 4.79 Å². The van der Waals surface area contributed by atoms with E-state index in [1.54, 1.807) is 0 Å². The lowest BCUT2D eigenvalue weighted by Crippen LogP contribution is -2.38. The number of aliphatic carboxylic acids is 1. The van der Waals surface area contributed by atoms with E-state index >= 15 is 0 Å². The Labute approximate surface area is 108 Å². The van der Waals surface area contributed by atoms with Crippen LogP contribution in [0.25, 0.3) is 0 Å². The Morgan fingerprint density at radius 2 is 2.00 bits per heavy atom. The summed E-state index contributed by atoms with van der Waals surface area (Å²) in [5.74, 6) is -0.353. The van der Waals surface area contributed by atoms with Gasteiger partial charge < -0.3 is 10.0 Å². The maximum Gasteiger partial charge on any atom is 0.308 e. The smallest absolute Gasteiger partial charge is 0.308 e. The molecule has 2 rings (SSSR count). The van der Waals surface area contributed by atoms with E-state index in [1.165, 1.54) is 5.56 Å². The molecule has 0 aliphatic carbocycles. The third kappa shape index (κ3) is 2.84. The van der Waals surface area contributed by atoms with Crippen molar-refractivity contribution in [3.63, 3.8) is 0 Å². The molecule has 1 fully saturated rings. The summed E-state index contributed by atoms with van der Waals surface area (Å²) in [6.07, 6.45) is 1.76. The van der Waals surface area contributed by atoms with Gasteiger partial charge in [0.05, 0.1) is 5.92 Å². The van der Waals surface area contributed by atoms with Crippen LogP contribution in [-0.4, -0.2) is 24.2 Å². The molecule has 1 aromatic rings. The Kier molecular flexibility index (Phi) is 3.90. The predicted octanol–water partition coefficient (Wildman–Crippen LogP) is 3.11. The van der Waals surface area contributed by atoms with Crippen LogP contribution >= 0.6 is 0 Å². The summed E-state index contributed by atoms with van der Waals surface area (Å²) in [6, 6.07) is 8.51. The fraction of sp³-hybridized carbons (Fsp3) is 0.533. The molecule has 1 saturated heterocycles. The fourth-order valence-electron chi connectivity index (χ4n) is 2.48. The molecular formula is C15H21NO2. The first-order valence-electron chi connectivity index (χ1n) is 6.65. The molecule has 0 amide bonds. The van der Waals surface area contributed by atoms with Crippen molar-refractivity contribution in [1.82, 2.24) is 0 Å². The topological polar surface area (TPSA) is 40.5 Å². The number of piperidine rings is 1. The van der Waals surface area contributed by atoms with Gasteiger partial charge in [0.1, 0.15) is 0 Å². The lowest BCUT2D eigenvalue weighted by Gasteiger charge is -2.32. The summed E-state index contributed by atoms with van der Waals surface area (Å²) in [5.41, 5.74) is 2.47. The Morgan fingerprint density at radius 1 is 1.33 bits per heavy atom. The van der Waals surface area contributed by atoms with Crippen LogP contribution in [0.1, 0.15) is 38.2 Å². The van der Waals surface area contributed by atoms with Crippen molar-refractivity contribution < 1.29 is 9.90 Å². The van der Waals surface area contributed by atoms with Crippen LogP contribution in [0.15, 0.2) is 24.3 Å². The van der Waals surface area contributed by atoms with Gasteiger partial charge in [-0.05, 0) is 36.5 Å². The van der Waals surface area contributed by atoms with E-state index < -0.39 is 5.97 Å². The molecule has 3 heteroatoms. The zero-order valence-electron chi connectivity index (χ0n) is 11.1. The predicted molar refractivity (Wildman–Crippen MR) is 73.1 cm³/mol. The number of carbonyl (C=O) groups is 1. The number of hydrogen-bond acceptors (Lipinski definition) is 2. The number of nitrogens with zero attached hydrogens (tertiary/aromatic N) is 1. The molecule has 1 aromatic carbocycles. The Bertz CT molecular complexity index is 411. The first-order valence-corrected chi connectivity index (χ1v) is 6.65. The van der Waals surface area contributed by atoms with Gasteiger partial charge in [0.2, 0.25) is 0 Å². The van der Waals surface area contributed by atoms with Crippen molar-refractivity contribution in [1.29, 1.82) is 0 Å². The normalized spacial score (nSPS) is 20.2. The molecule has 18 heavy (non-hydrogen) atoms. The van der Waals surface area contributed by atoms with E-state index in [2.05, 4.69) is 43.0 Å². The molecule has 1 N–H and O–H groups in total. The van der Waals surface area contributed by atoms with Gasteiger partial charge in [-0.2, -0.15) is 0 Å². The summed E-state index contributed by atoms with van der Waals surface area (Å²) in [5, 5.41) is 9.09. The van der Waals surface area contributed by atoms with Gasteiger partial charge >= 0.3 is 5.97 Å².